The van der Waals surface area contributed by atoms with E-state index in [1.54, 1.807) is 26.4 Å². The molecule has 0 aliphatic heterocycles. The molecule has 16 atom stereocenters. The average Bonchev–Trinajstić information content (AvgIpc) is 3.67. The summed E-state index contributed by atoms with van der Waals surface area (Å²) in [5.74, 6) is 1.86. The Morgan fingerprint density at radius 2 is 0.938 bits per heavy atom. The van der Waals surface area contributed by atoms with Crippen molar-refractivity contribution in [3.8, 4) is 0 Å². The van der Waals surface area contributed by atoms with E-state index in [9.17, 15) is 19.8 Å². The van der Waals surface area contributed by atoms with Crippen molar-refractivity contribution in [2.24, 2.45) is 68.0 Å². The first kappa shape index (κ1) is 37.9. The van der Waals surface area contributed by atoms with E-state index in [0.29, 0.717) is 24.7 Å². The fraction of sp³-hybridized carbons (Fsp3) is 0.857. The van der Waals surface area contributed by atoms with Crippen LogP contribution in [0, 0.1) is 68.0 Å². The van der Waals surface area contributed by atoms with Gasteiger partial charge < -0.3 is 19.7 Å². The monoisotopic (exact) mass is 669 g/mol. The van der Waals surface area contributed by atoms with Crippen LogP contribution >= 0.6 is 0 Å². The van der Waals surface area contributed by atoms with E-state index in [1.165, 1.54) is 0 Å². The SMILES string of the molecule is C=C[C@]1(C)C[C@@H](O)[C@@]2(C)C3[C@H](OC)CC[C@@]3(CC[C@H]2C)[C@@H](C)C1=O.C=C[C@]1(C)C[C@@H](O)[C@@]2(C)C3[C@H](OC)CC[C@@]3(CC[C@H]2C)[C@@H](C)C1=O. The summed E-state index contributed by atoms with van der Waals surface area (Å²) in [6, 6.07) is 0. The fourth-order valence-electron chi connectivity index (χ4n) is 13.3. The van der Waals surface area contributed by atoms with Crippen LogP contribution in [0.3, 0.4) is 0 Å². The number of ether oxygens (including phenoxy) is 2. The van der Waals surface area contributed by atoms with E-state index in [4.69, 9.17) is 9.47 Å². The number of methoxy groups -OCH3 is 2. The maximum Gasteiger partial charge on any atom is 0.145 e. The Labute approximate surface area is 291 Å². The molecule has 272 valence electrons. The van der Waals surface area contributed by atoms with Crippen LogP contribution < -0.4 is 0 Å². The Bertz CT molecular complexity index is 1180. The Morgan fingerprint density at radius 1 is 0.625 bits per heavy atom. The third kappa shape index (κ3) is 4.99. The van der Waals surface area contributed by atoms with Gasteiger partial charge in [0.15, 0.2) is 0 Å². The second-order valence-electron chi connectivity index (χ2n) is 18.5. The second-order valence-corrected chi connectivity index (χ2v) is 18.5. The molecule has 6 aliphatic rings. The smallest absolute Gasteiger partial charge is 0.145 e. The lowest BCUT2D eigenvalue weighted by atomic mass is 9.44. The first-order chi connectivity index (χ1) is 22.3. The number of aliphatic hydroxyl groups excluding tert-OH is 2. The van der Waals surface area contributed by atoms with Crippen molar-refractivity contribution in [1.29, 1.82) is 0 Å². The van der Waals surface area contributed by atoms with Gasteiger partial charge in [0.1, 0.15) is 11.6 Å². The van der Waals surface area contributed by atoms with Gasteiger partial charge >= 0.3 is 0 Å². The fourth-order valence-corrected chi connectivity index (χ4v) is 13.3. The molecular weight excluding hydrogens is 600 g/mol. The van der Waals surface area contributed by atoms with Gasteiger partial charge in [-0.3, -0.25) is 9.59 Å². The number of carbonyl (C=O) groups excluding carboxylic acids is 2. The van der Waals surface area contributed by atoms with Crippen molar-refractivity contribution in [2.45, 2.75) is 144 Å². The van der Waals surface area contributed by atoms with Crippen LogP contribution in [-0.4, -0.2) is 60.4 Å². The number of Topliss-reactive ketones (excluding diaryl/α,β-unsaturated/α-hetero) is 2. The molecule has 6 nitrogen and oxygen atoms in total. The highest BCUT2D eigenvalue weighted by molar-refractivity contribution is 5.90. The average molecular weight is 669 g/mol. The van der Waals surface area contributed by atoms with Crippen LogP contribution in [0.4, 0.5) is 0 Å². The van der Waals surface area contributed by atoms with Gasteiger partial charge in [0.2, 0.25) is 0 Å². The van der Waals surface area contributed by atoms with Crippen molar-refractivity contribution >= 4 is 11.6 Å². The number of rotatable bonds is 4. The third-order valence-electron chi connectivity index (χ3n) is 17.1. The maximum atomic E-state index is 13.4. The topological polar surface area (TPSA) is 93.1 Å². The standard InChI is InChI=1S/2C21H34O3/c2*1-7-19(4)12-16(22)20(5)13(2)8-10-21(14(3)18(19)23)11-9-15(24-6)17(20)21/h2*7,13-17,22H,1,8-12H2,2-6H3/t2*13-,14+,15-,16-,17?,19-,20+,21+/m11/s1. The maximum absolute atomic E-state index is 13.4. The van der Waals surface area contributed by atoms with Gasteiger partial charge in [-0.25, -0.2) is 0 Å². The van der Waals surface area contributed by atoms with E-state index < -0.39 is 23.0 Å². The third-order valence-corrected chi connectivity index (χ3v) is 17.1. The summed E-state index contributed by atoms with van der Waals surface area (Å²) in [7, 11) is 3.58. The van der Waals surface area contributed by atoms with E-state index in [2.05, 4.69) is 54.7 Å². The Morgan fingerprint density at radius 3 is 1.23 bits per heavy atom. The van der Waals surface area contributed by atoms with E-state index in [1.807, 2.05) is 13.8 Å². The number of allylic oxidation sites excluding steroid dienone is 2. The van der Waals surface area contributed by atoms with Gasteiger partial charge in [-0.1, -0.05) is 53.7 Å². The van der Waals surface area contributed by atoms with Crippen molar-refractivity contribution < 1.29 is 29.3 Å². The van der Waals surface area contributed by atoms with Gasteiger partial charge in [0.05, 0.1) is 24.4 Å². The zero-order valence-corrected chi connectivity index (χ0v) is 31.9. The van der Waals surface area contributed by atoms with Gasteiger partial charge in [0.25, 0.3) is 0 Å². The molecule has 0 amide bonds. The lowest BCUT2D eigenvalue weighted by molar-refractivity contribution is -0.188. The first-order valence-corrected chi connectivity index (χ1v) is 19.1. The minimum atomic E-state index is -0.639. The summed E-state index contributed by atoms with van der Waals surface area (Å²) in [4.78, 5) is 26.8. The van der Waals surface area contributed by atoms with Crippen LogP contribution in [0.25, 0.3) is 0 Å². The second kappa shape index (κ2) is 12.7. The predicted molar refractivity (Wildman–Crippen MR) is 191 cm³/mol. The van der Waals surface area contributed by atoms with Crippen molar-refractivity contribution in [3.63, 3.8) is 0 Å². The number of hydrogen-bond donors (Lipinski definition) is 2. The molecule has 0 aromatic rings. The highest BCUT2D eigenvalue weighted by atomic mass is 16.5. The summed E-state index contributed by atoms with van der Waals surface area (Å²) in [6.45, 7) is 25.1. The van der Waals surface area contributed by atoms with Crippen molar-refractivity contribution in [1.82, 2.24) is 0 Å². The highest BCUT2D eigenvalue weighted by Crippen LogP contribution is 2.70. The van der Waals surface area contributed by atoms with Gasteiger partial charge in [-0.2, -0.15) is 0 Å². The number of aliphatic hydroxyl groups is 2. The molecule has 0 aromatic heterocycles. The van der Waals surface area contributed by atoms with Crippen molar-refractivity contribution in [2.75, 3.05) is 14.2 Å². The molecule has 6 saturated carbocycles. The summed E-state index contributed by atoms with van der Waals surface area (Å²) < 4.78 is 11.8. The zero-order valence-electron chi connectivity index (χ0n) is 31.9. The molecule has 0 spiro atoms. The van der Waals surface area contributed by atoms with Gasteiger partial charge in [-0.15, -0.1) is 13.2 Å². The Kier molecular flexibility index (Phi) is 10.0. The van der Waals surface area contributed by atoms with Crippen molar-refractivity contribution in [3.05, 3.63) is 25.3 Å². The van der Waals surface area contributed by atoms with Gasteiger partial charge in [-0.05, 0) is 113 Å². The summed E-state index contributed by atoms with van der Waals surface area (Å²) >= 11 is 0. The lowest BCUT2D eigenvalue weighted by Gasteiger charge is -2.61. The summed E-state index contributed by atoms with van der Waals surface area (Å²) in [6.07, 6.45) is 12.2. The highest BCUT2D eigenvalue weighted by Gasteiger charge is 2.69. The zero-order chi connectivity index (χ0) is 35.8. The van der Waals surface area contributed by atoms with E-state index in [0.717, 1.165) is 51.4 Å². The molecule has 2 N–H and O–H groups in total. The van der Waals surface area contributed by atoms with Crippen LogP contribution in [0.1, 0.15) is 120 Å². The molecule has 0 heterocycles. The number of hydrogen-bond acceptors (Lipinski definition) is 6. The van der Waals surface area contributed by atoms with Crippen LogP contribution in [0.15, 0.2) is 25.3 Å². The minimum Gasteiger partial charge on any atom is -0.392 e. The van der Waals surface area contributed by atoms with Crippen LogP contribution in [0.5, 0.6) is 0 Å². The summed E-state index contributed by atoms with van der Waals surface area (Å²) in [5, 5.41) is 22.7. The normalized spacial score (nSPS) is 54.8. The first-order valence-electron chi connectivity index (χ1n) is 19.1. The molecule has 0 aromatic carbocycles. The molecule has 0 saturated heterocycles. The van der Waals surface area contributed by atoms with E-state index in [-0.39, 0.29) is 69.1 Å². The molecular formula is C42H68O6. The molecule has 2 unspecified atom stereocenters. The predicted octanol–water partition coefficient (Wildman–Crippen LogP) is 7.99. The Hall–Kier alpha value is -1.34. The molecule has 0 radical (unpaired) electrons. The molecule has 48 heavy (non-hydrogen) atoms. The molecule has 6 aliphatic carbocycles. The molecule has 4 bridgehead atoms. The number of carbonyl (C=O) groups is 2. The largest absolute Gasteiger partial charge is 0.392 e. The minimum absolute atomic E-state index is 0.00928. The summed E-state index contributed by atoms with van der Waals surface area (Å²) in [5.41, 5.74) is -1.78. The molecule has 6 rings (SSSR count). The van der Waals surface area contributed by atoms with Gasteiger partial charge in [0, 0.05) is 47.7 Å². The lowest BCUT2D eigenvalue weighted by Crippen LogP contribution is -2.62. The van der Waals surface area contributed by atoms with E-state index >= 15 is 0 Å². The van der Waals surface area contributed by atoms with Crippen LogP contribution in [-0.2, 0) is 19.1 Å². The molecule has 6 heteroatoms. The van der Waals surface area contributed by atoms with Crippen LogP contribution in [0.2, 0.25) is 0 Å². The number of ketones is 2. The quantitative estimate of drug-likeness (QED) is 0.295. The molecule has 6 fully saturated rings. The Balaban J connectivity index is 0.000000188.